The lowest BCUT2D eigenvalue weighted by molar-refractivity contribution is 0.0989. The average Bonchev–Trinajstić information content (AvgIpc) is 2.19. The van der Waals surface area contributed by atoms with Crippen LogP contribution in [0.3, 0.4) is 0 Å². The van der Waals surface area contributed by atoms with Crippen LogP contribution >= 0.6 is 0 Å². The molecule has 0 saturated carbocycles. The van der Waals surface area contributed by atoms with Gasteiger partial charge in [0.15, 0.2) is 0 Å². The second-order valence-electron chi connectivity index (χ2n) is 3.88. The van der Waals surface area contributed by atoms with Crippen molar-refractivity contribution >= 4 is 0 Å². The fourth-order valence-corrected chi connectivity index (χ4v) is 0.920. The Morgan fingerprint density at radius 1 is 1.43 bits per heavy atom. The smallest absolute Gasteiger partial charge is 0.213 e. The summed E-state index contributed by atoms with van der Waals surface area (Å²) in [4.78, 5) is 4.10. The lowest BCUT2D eigenvalue weighted by atomic mass is 10.1. The summed E-state index contributed by atoms with van der Waals surface area (Å²) in [7, 11) is 0. The van der Waals surface area contributed by atoms with E-state index in [1.165, 1.54) is 0 Å². The first-order valence-electron chi connectivity index (χ1n) is 4.82. The number of hydrogen-bond donors (Lipinski definition) is 1. The number of hydrogen-bond acceptors (Lipinski definition) is 3. The number of ether oxygens (including phenoxy) is 1. The Hall–Kier alpha value is -1.09. The van der Waals surface area contributed by atoms with Crippen LogP contribution in [-0.2, 0) is 6.61 Å². The Balaban J connectivity index is 2.69. The summed E-state index contributed by atoms with van der Waals surface area (Å²) >= 11 is 0. The second-order valence-corrected chi connectivity index (χ2v) is 3.88. The van der Waals surface area contributed by atoms with Crippen LogP contribution in [0.4, 0.5) is 0 Å². The molecule has 0 fully saturated rings. The molecule has 0 saturated heterocycles. The van der Waals surface area contributed by atoms with Gasteiger partial charge in [-0.1, -0.05) is 6.92 Å². The Bertz CT molecular complexity index is 280. The minimum absolute atomic E-state index is 0.0183. The van der Waals surface area contributed by atoms with Crippen LogP contribution in [0.25, 0.3) is 0 Å². The summed E-state index contributed by atoms with van der Waals surface area (Å²) in [5.74, 6) is 0.606. The lowest BCUT2D eigenvalue weighted by Gasteiger charge is -2.23. The third kappa shape index (κ3) is 3.00. The third-order valence-corrected chi connectivity index (χ3v) is 2.21. The first-order chi connectivity index (χ1) is 6.57. The van der Waals surface area contributed by atoms with Crippen molar-refractivity contribution in [3.05, 3.63) is 23.9 Å². The zero-order valence-electron chi connectivity index (χ0n) is 8.95. The standard InChI is InChI=1S/C11H17NO2/c1-4-11(2,3)14-10-6-5-9(8-13)7-12-10/h5-7,13H,4,8H2,1-3H3. The van der Waals surface area contributed by atoms with Crippen LogP contribution in [-0.4, -0.2) is 15.7 Å². The number of aliphatic hydroxyl groups is 1. The van der Waals surface area contributed by atoms with Gasteiger partial charge in [0.05, 0.1) is 6.61 Å². The predicted octanol–water partition coefficient (Wildman–Crippen LogP) is 2.14. The summed E-state index contributed by atoms with van der Waals surface area (Å²) < 4.78 is 5.66. The van der Waals surface area contributed by atoms with E-state index in [1.54, 1.807) is 12.3 Å². The van der Waals surface area contributed by atoms with E-state index in [4.69, 9.17) is 9.84 Å². The molecule has 0 unspecified atom stereocenters. The maximum Gasteiger partial charge on any atom is 0.213 e. The van der Waals surface area contributed by atoms with Gasteiger partial charge in [0, 0.05) is 12.3 Å². The zero-order valence-corrected chi connectivity index (χ0v) is 8.95. The number of nitrogens with zero attached hydrogens (tertiary/aromatic N) is 1. The largest absolute Gasteiger partial charge is 0.472 e. The van der Waals surface area contributed by atoms with E-state index in [0.717, 1.165) is 12.0 Å². The SMILES string of the molecule is CCC(C)(C)Oc1ccc(CO)cn1. The van der Waals surface area contributed by atoms with Gasteiger partial charge in [-0.2, -0.15) is 0 Å². The summed E-state index contributed by atoms with van der Waals surface area (Å²) in [6, 6.07) is 3.59. The van der Waals surface area contributed by atoms with Crippen molar-refractivity contribution in [2.24, 2.45) is 0 Å². The quantitative estimate of drug-likeness (QED) is 0.800. The Morgan fingerprint density at radius 2 is 2.14 bits per heavy atom. The molecule has 1 rings (SSSR count). The second kappa shape index (κ2) is 4.42. The highest BCUT2D eigenvalue weighted by molar-refractivity contribution is 5.17. The number of aromatic nitrogens is 1. The molecule has 0 aliphatic heterocycles. The van der Waals surface area contributed by atoms with Gasteiger partial charge in [-0.25, -0.2) is 4.98 Å². The summed E-state index contributed by atoms with van der Waals surface area (Å²) in [5.41, 5.74) is 0.611. The molecule has 0 bridgehead atoms. The van der Waals surface area contributed by atoms with Gasteiger partial charge in [-0.05, 0) is 31.9 Å². The van der Waals surface area contributed by atoms with E-state index in [1.807, 2.05) is 19.9 Å². The van der Waals surface area contributed by atoms with Gasteiger partial charge >= 0.3 is 0 Å². The average molecular weight is 195 g/mol. The van der Waals surface area contributed by atoms with Gasteiger partial charge in [-0.15, -0.1) is 0 Å². The predicted molar refractivity (Wildman–Crippen MR) is 55.2 cm³/mol. The van der Waals surface area contributed by atoms with Gasteiger partial charge < -0.3 is 9.84 Å². The Kier molecular flexibility index (Phi) is 3.47. The number of pyridine rings is 1. The van der Waals surface area contributed by atoms with Crippen LogP contribution in [0.5, 0.6) is 5.88 Å². The molecule has 1 aromatic rings. The van der Waals surface area contributed by atoms with Crippen molar-refractivity contribution in [2.75, 3.05) is 0 Å². The molecule has 0 spiro atoms. The first-order valence-corrected chi connectivity index (χ1v) is 4.82. The molecular weight excluding hydrogens is 178 g/mol. The van der Waals surface area contributed by atoms with Crippen LogP contribution in [0.15, 0.2) is 18.3 Å². The molecule has 3 heteroatoms. The van der Waals surface area contributed by atoms with Crippen LogP contribution in [0.2, 0.25) is 0 Å². The van der Waals surface area contributed by atoms with Crippen molar-refractivity contribution < 1.29 is 9.84 Å². The van der Waals surface area contributed by atoms with Gasteiger partial charge in [0.25, 0.3) is 0 Å². The van der Waals surface area contributed by atoms with Crippen molar-refractivity contribution in [1.82, 2.24) is 4.98 Å². The van der Waals surface area contributed by atoms with Gasteiger partial charge in [0.2, 0.25) is 5.88 Å². The van der Waals surface area contributed by atoms with E-state index < -0.39 is 0 Å². The lowest BCUT2D eigenvalue weighted by Crippen LogP contribution is -2.27. The van der Waals surface area contributed by atoms with E-state index in [9.17, 15) is 0 Å². The van der Waals surface area contributed by atoms with E-state index in [0.29, 0.717) is 5.88 Å². The maximum atomic E-state index is 8.83. The molecule has 0 atom stereocenters. The highest BCUT2D eigenvalue weighted by Gasteiger charge is 2.17. The topological polar surface area (TPSA) is 42.4 Å². The van der Waals surface area contributed by atoms with Crippen molar-refractivity contribution in [2.45, 2.75) is 39.4 Å². The molecule has 0 aliphatic rings. The molecule has 0 amide bonds. The molecule has 78 valence electrons. The fraction of sp³-hybridized carbons (Fsp3) is 0.545. The molecule has 1 aromatic heterocycles. The molecule has 0 radical (unpaired) electrons. The van der Waals surface area contributed by atoms with E-state index >= 15 is 0 Å². The zero-order chi connectivity index (χ0) is 10.6. The van der Waals surface area contributed by atoms with Gasteiger partial charge in [-0.3, -0.25) is 0 Å². The van der Waals surface area contributed by atoms with Crippen LogP contribution in [0, 0.1) is 0 Å². The van der Waals surface area contributed by atoms with Crippen LogP contribution in [0.1, 0.15) is 32.8 Å². The molecule has 3 nitrogen and oxygen atoms in total. The molecule has 0 aromatic carbocycles. The first kappa shape index (κ1) is 11.0. The highest BCUT2D eigenvalue weighted by Crippen LogP contribution is 2.18. The van der Waals surface area contributed by atoms with Gasteiger partial charge in [0.1, 0.15) is 5.60 Å². The minimum Gasteiger partial charge on any atom is -0.472 e. The number of aliphatic hydroxyl groups excluding tert-OH is 1. The van der Waals surface area contributed by atoms with E-state index in [-0.39, 0.29) is 12.2 Å². The van der Waals surface area contributed by atoms with E-state index in [2.05, 4.69) is 11.9 Å². The monoisotopic (exact) mass is 195 g/mol. The van der Waals surface area contributed by atoms with Crippen molar-refractivity contribution in [1.29, 1.82) is 0 Å². The minimum atomic E-state index is -0.187. The van der Waals surface area contributed by atoms with Crippen LogP contribution < -0.4 is 4.74 Å². The van der Waals surface area contributed by atoms with Crippen molar-refractivity contribution in [3.8, 4) is 5.88 Å². The molecule has 1 heterocycles. The maximum absolute atomic E-state index is 8.83. The number of rotatable bonds is 4. The third-order valence-electron chi connectivity index (χ3n) is 2.21. The highest BCUT2D eigenvalue weighted by atomic mass is 16.5. The Labute approximate surface area is 84.7 Å². The fourth-order valence-electron chi connectivity index (χ4n) is 0.920. The summed E-state index contributed by atoms with van der Waals surface area (Å²) in [6.45, 7) is 6.13. The molecule has 0 aliphatic carbocycles. The van der Waals surface area contributed by atoms with Crippen molar-refractivity contribution in [3.63, 3.8) is 0 Å². The molecule has 14 heavy (non-hydrogen) atoms. The summed E-state index contributed by atoms with van der Waals surface area (Å²) in [6.07, 6.45) is 2.55. The summed E-state index contributed by atoms with van der Waals surface area (Å²) in [5, 5.41) is 8.83. The molecular formula is C11H17NO2. The normalized spacial score (nSPS) is 11.4. The Morgan fingerprint density at radius 3 is 2.57 bits per heavy atom. The molecule has 1 N–H and O–H groups in total.